The number of esters is 2. The number of hydrogen-bond donors (Lipinski definition) is 0. The molecule has 0 spiro atoms. The number of ether oxygens (including phenoxy) is 3. The van der Waals surface area contributed by atoms with Gasteiger partial charge in [-0.2, -0.15) is 8.78 Å². The van der Waals surface area contributed by atoms with Crippen molar-refractivity contribution in [3.63, 3.8) is 0 Å². The monoisotopic (exact) mass is 484 g/mol. The van der Waals surface area contributed by atoms with Crippen molar-refractivity contribution in [1.82, 2.24) is 0 Å². The van der Waals surface area contributed by atoms with Crippen LogP contribution in [0.4, 0.5) is 8.78 Å². The van der Waals surface area contributed by atoms with Gasteiger partial charge in [0.15, 0.2) is 0 Å². The van der Waals surface area contributed by atoms with Gasteiger partial charge in [0.25, 0.3) is 0 Å². The summed E-state index contributed by atoms with van der Waals surface area (Å²) in [6.07, 6.45) is 1.32. The van der Waals surface area contributed by atoms with Crippen molar-refractivity contribution in [1.29, 1.82) is 0 Å². The van der Waals surface area contributed by atoms with E-state index in [1.54, 1.807) is 31.2 Å². The number of benzene rings is 2. The fraction of sp³-hybridized carbons (Fsp3) is 0.357. The Kier molecular flexibility index (Phi) is 8.79. The van der Waals surface area contributed by atoms with Crippen molar-refractivity contribution < 1.29 is 32.6 Å². The Morgan fingerprint density at radius 1 is 1.00 bits per heavy atom. The largest absolute Gasteiger partial charge is 0.462 e. The van der Waals surface area contributed by atoms with E-state index in [0.717, 1.165) is 37.3 Å². The Morgan fingerprint density at radius 2 is 1.63 bits per heavy atom. The lowest BCUT2D eigenvalue weighted by Gasteiger charge is -2.28. The normalized spacial score (nSPS) is 17.8. The first-order valence-corrected chi connectivity index (χ1v) is 11.6. The Bertz CT molecular complexity index is 1040. The molecule has 186 valence electrons. The first-order chi connectivity index (χ1) is 16.7. The highest BCUT2D eigenvalue weighted by molar-refractivity contribution is 5.86. The minimum atomic E-state index is -3.50. The molecule has 0 saturated heterocycles. The van der Waals surface area contributed by atoms with E-state index in [0.29, 0.717) is 18.1 Å². The van der Waals surface area contributed by atoms with E-state index in [4.69, 9.17) is 14.2 Å². The lowest BCUT2D eigenvalue weighted by atomic mass is 9.79. The van der Waals surface area contributed by atoms with Crippen LogP contribution in [0.15, 0.2) is 73.3 Å². The van der Waals surface area contributed by atoms with Gasteiger partial charge in [0.1, 0.15) is 12.4 Å². The van der Waals surface area contributed by atoms with Crippen LogP contribution in [0.5, 0.6) is 5.75 Å². The van der Waals surface area contributed by atoms with Gasteiger partial charge in [-0.1, -0.05) is 37.4 Å². The molecule has 0 bridgehead atoms. The van der Waals surface area contributed by atoms with Crippen molar-refractivity contribution in [2.24, 2.45) is 5.92 Å². The number of rotatable bonds is 10. The number of carbonyl (C=O) groups excluding carboxylic acids is 2. The SMILES string of the molecule is C=CC(=O)OCC1CCC(c2ccc(C(F)(F)Oc3ccc(COC(=O)C(=C)C)cc3)cc2)CC1. The summed E-state index contributed by atoms with van der Waals surface area (Å²) >= 11 is 0. The van der Waals surface area contributed by atoms with Crippen LogP contribution >= 0.6 is 0 Å². The molecular weight excluding hydrogens is 454 g/mol. The average Bonchev–Trinajstić information content (AvgIpc) is 2.86. The van der Waals surface area contributed by atoms with Gasteiger partial charge in [-0.25, -0.2) is 9.59 Å². The van der Waals surface area contributed by atoms with Crippen molar-refractivity contribution in [2.75, 3.05) is 6.61 Å². The molecular formula is C28H30F2O5. The quantitative estimate of drug-likeness (QED) is 0.287. The van der Waals surface area contributed by atoms with Crippen LogP contribution in [-0.2, 0) is 31.8 Å². The molecule has 5 nitrogen and oxygen atoms in total. The van der Waals surface area contributed by atoms with E-state index in [-0.39, 0.29) is 29.4 Å². The van der Waals surface area contributed by atoms with E-state index >= 15 is 0 Å². The molecule has 0 atom stereocenters. The van der Waals surface area contributed by atoms with Gasteiger partial charge in [0, 0.05) is 11.6 Å². The highest BCUT2D eigenvalue weighted by Crippen LogP contribution is 2.38. The Balaban J connectivity index is 1.53. The van der Waals surface area contributed by atoms with Crippen LogP contribution in [-0.4, -0.2) is 18.5 Å². The second kappa shape index (κ2) is 11.8. The zero-order chi connectivity index (χ0) is 25.4. The molecule has 1 aliphatic rings. The van der Waals surface area contributed by atoms with Gasteiger partial charge < -0.3 is 14.2 Å². The maximum atomic E-state index is 14.7. The minimum absolute atomic E-state index is 0.00420. The third-order valence-electron chi connectivity index (χ3n) is 6.08. The molecule has 0 aliphatic heterocycles. The summed E-state index contributed by atoms with van der Waals surface area (Å²) < 4.78 is 44.6. The molecule has 0 heterocycles. The number of halogens is 2. The Labute approximate surface area is 204 Å². The summed E-state index contributed by atoms with van der Waals surface area (Å²) in [5.41, 5.74) is 1.72. The van der Waals surface area contributed by atoms with Crippen LogP contribution in [0.1, 0.15) is 55.2 Å². The zero-order valence-electron chi connectivity index (χ0n) is 19.8. The van der Waals surface area contributed by atoms with Crippen molar-refractivity contribution in [3.8, 4) is 5.75 Å². The summed E-state index contributed by atoms with van der Waals surface area (Å²) in [7, 11) is 0. The number of carbonyl (C=O) groups is 2. The van der Waals surface area contributed by atoms with Gasteiger partial charge in [0.2, 0.25) is 0 Å². The zero-order valence-corrected chi connectivity index (χ0v) is 19.8. The third-order valence-corrected chi connectivity index (χ3v) is 6.08. The van der Waals surface area contributed by atoms with Crippen molar-refractivity contribution in [3.05, 3.63) is 90.0 Å². The van der Waals surface area contributed by atoms with Crippen molar-refractivity contribution >= 4 is 11.9 Å². The smallest absolute Gasteiger partial charge is 0.426 e. The van der Waals surface area contributed by atoms with Crippen molar-refractivity contribution in [2.45, 2.75) is 51.2 Å². The molecule has 0 radical (unpaired) electrons. The van der Waals surface area contributed by atoms with Crippen LogP contribution in [0.25, 0.3) is 0 Å². The molecule has 2 aromatic carbocycles. The van der Waals surface area contributed by atoms with Gasteiger partial charge in [0.05, 0.1) is 12.2 Å². The molecule has 0 amide bonds. The lowest BCUT2D eigenvalue weighted by molar-refractivity contribution is -0.185. The molecule has 0 aromatic heterocycles. The van der Waals surface area contributed by atoms with Crippen LogP contribution in [0.3, 0.4) is 0 Å². The highest BCUT2D eigenvalue weighted by Gasteiger charge is 2.35. The van der Waals surface area contributed by atoms with Gasteiger partial charge in [-0.3, -0.25) is 0 Å². The van der Waals surface area contributed by atoms with Crippen LogP contribution in [0, 0.1) is 5.92 Å². The second-order valence-electron chi connectivity index (χ2n) is 8.79. The predicted octanol–water partition coefficient (Wildman–Crippen LogP) is 6.44. The molecule has 7 heteroatoms. The summed E-state index contributed by atoms with van der Waals surface area (Å²) in [4.78, 5) is 22.7. The molecule has 35 heavy (non-hydrogen) atoms. The summed E-state index contributed by atoms with van der Waals surface area (Å²) in [5, 5.41) is 0. The maximum Gasteiger partial charge on any atom is 0.426 e. The van der Waals surface area contributed by atoms with E-state index in [2.05, 4.69) is 13.2 Å². The first kappa shape index (κ1) is 26.1. The lowest BCUT2D eigenvalue weighted by Crippen LogP contribution is -2.22. The summed E-state index contributed by atoms with van der Waals surface area (Å²) in [6, 6.07) is 12.2. The molecule has 3 rings (SSSR count). The summed E-state index contributed by atoms with van der Waals surface area (Å²) in [6.45, 7) is 8.85. The number of alkyl halides is 2. The summed E-state index contributed by atoms with van der Waals surface area (Å²) in [5.74, 6) is -0.314. The molecule has 1 aliphatic carbocycles. The standard InChI is InChI=1S/C28H30F2O5/c1-4-26(31)33-17-20-5-9-22(10-6-20)23-11-13-24(14-12-23)28(29,30)35-25-15-7-21(8-16-25)18-34-27(32)19(2)3/h4,7-8,11-16,20,22H,1-2,5-6,9-10,17-18H2,3H3. The third kappa shape index (κ3) is 7.50. The van der Waals surface area contributed by atoms with E-state index in [9.17, 15) is 18.4 Å². The molecule has 1 fully saturated rings. The molecule has 0 N–H and O–H groups in total. The number of hydrogen-bond acceptors (Lipinski definition) is 5. The first-order valence-electron chi connectivity index (χ1n) is 11.6. The fourth-order valence-corrected chi connectivity index (χ4v) is 4.00. The van der Waals surface area contributed by atoms with E-state index < -0.39 is 18.0 Å². The molecule has 0 unspecified atom stereocenters. The van der Waals surface area contributed by atoms with Gasteiger partial charge in [-0.15, -0.1) is 0 Å². The molecule has 2 aromatic rings. The van der Waals surface area contributed by atoms with E-state index in [1.165, 1.54) is 24.3 Å². The predicted molar refractivity (Wildman–Crippen MR) is 128 cm³/mol. The topological polar surface area (TPSA) is 61.8 Å². The Morgan fingerprint density at radius 3 is 2.20 bits per heavy atom. The second-order valence-corrected chi connectivity index (χ2v) is 8.79. The Hall–Kier alpha value is -3.48. The van der Waals surface area contributed by atoms with Gasteiger partial charge >= 0.3 is 18.0 Å². The van der Waals surface area contributed by atoms with Gasteiger partial charge in [-0.05, 0) is 79.8 Å². The fourth-order valence-electron chi connectivity index (χ4n) is 4.00. The van der Waals surface area contributed by atoms with E-state index in [1.807, 2.05) is 0 Å². The van der Waals surface area contributed by atoms with Crippen LogP contribution in [0.2, 0.25) is 0 Å². The highest BCUT2D eigenvalue weighted by atomic mass is 19.3. The maximum absolute atomic E-state index is 14.7. The molecule has 1 saturated carbocycles. The minimum Gasteiger partial charge on any atom is -0.462 e. The average molecular weight is 485 g/mol. The van der Waals surface area contributed by atoms with Crippen LogP contribution < -0.4 is 4.74 Å².